The fourth-order valence-corrected chi connectivity index (χ4v) is 6.06. The van der Waals surface area contributed by atoms with Crippen molar-refractivity contribution in [2.75, 3.05) is 31.6 Å². The molecule has 1 spiro atoms. The van der Waals surface area contributed by atoms with Gasteiger partial charge in [0.05, 0.1) is 17.7 Å². The van der Waals surface area contributed by atoms with Gasteiger partial charge in [-0.3, -0.25) is 34.3 Å². The lowest BCUT2D eigenvalue weighted by molar-refractivity contribution is -0.136. The second kappa shape index (κ2) is 9.08. The van der Waals surface area contributed by atoms with Gasteiger partial charge in [0.25, 0.3) is 11.8 Å². The minimum Gasteiger partial charge on any atom is -0.381 e. The van der Waals surface area contributed by atoms with Crippen molar-refractivity contribution in [1.82, 2.24) is 15.1 Å². The summed E-state index contributed by atoms with van der Waals surface area (Å²) < 4.78 is 5.58. The number of rotatable bonds is 6. The molecule has 0 bridgehead atoms. The second-order valence-electron chi connectivity index (χ2n) is 10.7. The third-order valence-corrected chi connectivity index (χ3v) is 8.06. The zero-order valence-corrected chi connectivity index (χ0v) is 20.8. The van der Waals surface area contributed by atoms with Gasteiger partial charge in [-0.2, -0.15) is 0 Å². The van der Waals surface area contributed by atoms with Crippen molar-refractivity contribution >= 4 is 29.3 Å². The third-order valence-electron chi connectivity index (χ3n) is 8.06. The number of likely N-dealkylation sites (tertiary alicyclic amines) is 1. The summed E-state index contributed by atoms with van der Waals surface area (Å²) in [5.41, 5.74) is 5.06. The molecule has 1 atom stereocenters. The first kappa shape index (κ1) is 23.8. The van der Waals surface area contributed by atoms with Gasteiger partial charge in [0.2, 0.25) is 11.8 Å². The van der Waals surface area contributed by atoms with E-state index in [1.54, 1.807) is 18.2 Å². The van der Waals surface area contributed by atoms with Gasteiger partial charge in [-0.15, -0.1) is 0 Å². The molecule has 2 aromatic rings. The number of imide groups is 2. The number of anilines is 1. The lowest BCUT2D eigenvalue weighted by Gasteiger charge is -2.47. The summed E-state index contributed by atoms with van der Waals surface area (Å²) in [6.45, 7) is 7.49. The minimum atomic E-state index is -0.976. The standard InChI is InChI=1S/C28H30N4O5/c1-17-11-18(5-6-19(17)13-31-14-28(15-31)9-10-37-16-28)12-29-21-4-2-3-20-24(21)27(36)32(26(20)35)22-7-8-23(33)30-25(22)34/h2-6,11,22,29H,7-10,12-16H2,1H3,(H,30,33,34). The molecule has 4 aliphatic rings. The molecule has 4 amide bonds. The predicted molar refractivity (Wildman–Crippen MR) is 135 cm³/mol. The van der Waals surface area contributed by atoms with Crippen LogP contribution in [0.25, 0.3) is 0 Å². The lowest BCUT2D eigenvalue weighted by Crippen LogP contribution is -2.56. The molecule has 3 saturated heterocycles. The number of nitrogens with zero attached hydrogens (tertiary/aromatic N) is 2. The molecule has 37 heavy (non-hydrogen) atoms. The summed E-state index contributed by atoms with van der Waals surface area (Å²) >= 11 is 0. The molecule has 192 valence electrons. The van der Waals surface area contributed by atoms with E-state index in [1.807, 2.05) is 0 Å². The van der Waals surface area contributed by atoms with Crippen molar-refractivity contribution in [2.24, 2.45) is 5.41 Å². The van der Waals surface area contributed by atoms with Crippen LogP contribution in [0.2, 0.25) is 0 Å². The summed E-state index contributed by atoms with van der Waals surface area (Å²) in [5.74, 6) is -2.01. The van der Waals surface area contributed by atoms with Crippen LogP contribution in [0.5, 0.6) is 0 Å². The summed E-state index contributed by atoms with van der Waals surface area (Å²) in [4.78, 5) is 53.7. The van der Waals surface area contributed by atoms with Crippen LogP contribution >= 0.6 is 0 Å². The second-order valence-corrected chi connectivity index (χ2v) is 10.7. The Balaban J connectivity index is 1.13. The van der Waals surface area contributed by atoms with Crippen LogP contribution in [0.4, 0.5) is 5.69 Å². The van der Waals surface area contributed by atoms with E-state index in [1.165, 1.54) is 11.1 Å². The van der Waals surface area contributed by atoms with Gasteiger partial charge >= 0.3 is 0 Å². The average molecular weight is 503 g/mol. The van der Waals surface area contributed by atoms with Crippen LogP contribution in [0.3, 0.4) is 0 Å². The Morgan fingerprint density at radius 2 is 1.95 bits per heavy atom. The quantitative estimate of drug-likeness (QED) is 0.584. The first-order valence-corrected chi connectivity index (χ1v) is 12.8. The number of ether oxygens (including phenoxy) is 1. The number of fused-ring (bicyclic) bond motifs is 1. The summed E-state index contributed by atoms with van der Waals surface area (Å²) in [6.07, 6.45) is 1.39. The molecule has 2 N–H and O–H groups in total. The van der Waals surface area contributed by atoms with E-state index in [0.29, 0.717) is 17.6 Å². The number of hydrogen-bond donors (Lipinski definition) is 2. The van der Waals surface area contributed by atoms with E-state index in [0.717, 1.165) is 49.7 Å². The van der Waals surface area contributed by atoms with Gasteiger partial charge in [-0.05, 0) is 48.6 Å². The number of carbonyl (C=O) groups is 4. The maximum absolute atomic E-state index is 13.3. The van der Waals surface area contributed by atoms with Gasteiger partial charge in [-0.25, -0.2) is 0 Å². The van der Waals surface area contributed by atoms with Crippen LogP contribution in [0.15, 0.2) is 36.4 Å². The first-order chi connectivity index (χ1) is 17.8. The monoisotopic (exact) mass is 502 g/mol. The summed E-state index contributed by atoms with van der Waals surface area (Å²) in [5, 5.41) is 5.55. The number of nitrogens with one attached hydrogen (secondary N) is 2. The van der Waals surface area contributed by atoms with Crippen LogP contribution in [-0.2, 0) is 27.4 Å². The first-order valence-electron chi connectivity index (χ1n) is 12.8. The molecule has 1 unspecified atom stereocenters. The smallest absolute Gasteiger partial charge is 0.264 e. The van der Waals surface area contributed by atoms with Gasteiger partial charge < -0.3 is 10.1 Å². The third kappa shape index (κ3) is 4.22. The highest BCUT2D eigenvalue weighted by molar-refractivity contribution is 6.25. The molecule has 9 heteroatoms. The van der Waals surface area contributed by atoms with Crippen LogP contribution < -0.4 is 10.6 Å². The highest BCUT2D eigenvalue weighted by Crippen LogP contribution is 2.39. The van der Waals surface area contributed by atoms with Crippen molar-refractivity contribution < 1.29 is 23.9 Å². The van der Waals surface area contributed by atoms with Crippen LogP contribution in [-0.4, -0.2) is 65.8 Å². The van der Waals surface area contributed by atoms with Gasteiger partial charge in [-0.1, -0.05) is 24.3 Å². The Labute approximate surface area is 215 Å². The van der Waals surface area contributed by atoms with E-state index in [9.17, 15) is 19.2 Å². The molecule has 6 rings (SSSR count). The largest absolute Gasteiger partial charge is 0.381 e. The molecular weight excluding hydrogens is 472 g/mol. The number of amides is 4. The average Bonchev–Trinajstić information content (AvgIpc) is 3.43. The van der Waals surface area contributed by atoms with Crippen LogP contribution in [0, 0.1) is 12.3 Å². The van der Waals surface area contributed by atoms with E-state index in [2.05, 4.69) is 40.7 Å². The number of aryl methyl sites for hydroxylation is 1. The Kier molecular flexibility index (Phi) is 5.84. The topological polar surface area (TPSA) is 108 Å². The Morgan fingerprint density at radius 3 is 2.68 bits per heavy atom. The molecule has 2 aromatic carbocycles. The molecule has 9 nitrogen and oxygen atoms in total. The summed E-state index contributed by atoms with van der Waals surface area (Å²) in [6, 6.07) is 10.5. The Bertz CT molecular complexity index is 1310. The number of piperidine rings is 1. The van der Waals surface area contributed by atoms with Crippen LogP contribution in [0.1, 0.15) is 56.7 Å². The molecule has 3 fully saturated rings. The number of carbonyl (C=O) groups excluding carboxylic acids is 4. The minimum absolute atomic E-state index is 0.0946. The fourth-order valence-electron chi connectivity index (χ4n) is 6.06. The predicted octanol–water partition coefficient (Wildman–Crippen LogP) is 2.23. The van der Waals surface area contributed by atoms with E-state index in [-0.39, 0.29) is 24.0 Å². The zero-order valence-electron chi connectivity index (χ0n) is 20.8. The van der Waals surface area contributed by atoms with Gasteiger partial charge in [0, 0.05) is 50.3 Å². The van der Waals surface area contributed by atoms with Crippen molar-refractivity contribution in [3.05, 3.63) is 64.2 Å². The van der Waals surface area contributed by atoms with Crippen molar-refractivity contribution in [2.45, 2.75) is 45.3 Å². The SMILES string of the molecule is Cc1cc(CNc2cccc3c2C(=O)N(C2CCC(=O)NC2=O)C3=O)ccc1CN1CC2(CCOC2)C1. The highest BCUT2D eigenvalue weighted by Gasteiger charge is 2.46. The van der Waals surface area contributed by atoms with Crippen molar-refractivity contribution in [3.8, 4) is 0 Å². The molecule has 0 aromatic heterocycles. The number of benzene rings is 2. The van der Waals surface area contributed by atoms with E-state index in [4.69, 9.17) is 4.74 Å². The molecular formula is C28H30N4O5. The maximum atomic E-state index is 13.3. The summed E-state index contributed by atoms with van der Waals surface area (Å²) in [7, 11) is 0. The molecule has 4 heterocycles. The molecule has 4 aliphatic heterocycles. The Morgan fingerprint density at radius 1 is 1.11 bits per heavy atom. The molecule has 0 radical (unpaired) electrons. The molecule has 0 aliphatic carbocycles. The van der Waals surface area contributed by atoms with E-state index < -0.39 is 29.7 Å². The van der Waals surface area contributed by atoms with E-state index >= 15 is 0 Å². The molecule has 0 saturated carbocycles. The maximum Gasteiger partial charge on any atom is 0.264 e. The van der Waals surface area contributed by atoms with Gasteiger partial charge in [0.15, 0.2) is 0 Å². The Hall–Kier alpha value is -3.56. The number of hydrogen-bond acceptors (Lipinski definition) is 7. The normalized spacial score (nSPS) is 22.8. The fraction of sp³-hybridized carbons (Fsp3) is 0.429. The van der Waals surface area contributed by atoms with Crippen molar-refractivity contribution in [1.29, 1.82) is 0 Å². The highest BCUT2D eigenvalue weighted by atomic mass is 16.5. The zero-order chi connectivity index (χ0) is 25.7. The van der Waals surface area contributed by atoms with Crippen molar-refractivity contribution in [3.63, 3.8) is 0 Å². The van der Waals surface area contributed by atoms with Gasteiger partial charge in [0.1, 0.15) is 6.04 Å². The lowest BCUT2D eigenvalue weighted by atomic mass is 9.79.